The number of ether oxygens (including phenoxy) is 1. The monoisotopic (exact) mass is 303 g/mol. The summed E-state index contributed by atoms with van der Waals surface area (Å²) < 4.78 is 5.25. The number of carbonyl (C=O) groups is 1. The Hall–Kier alpha value is -1.92. The molecule has 1 aliphatic rings. The number of methoxy groups -OCH3 is 1. The van der Waals surface area contributed by atoms with E-state index in [-0.39, 0.29) is 5.91 Å². The molecule has 21 heavy (non-hydrogen) atoms. The van der Waals surface area contributed by atoms with Crippen LogP contribution in [0.25, 0.3) is 0 Å². The number of aromatic nitrogens is 1. The van der Waals surface area contributed by atoms with Crippen molar-refractivity contribution >= 4 is 22.4 Å². The van der Waals surface area contributed by atoms with Gasteiger partial charge in [0.15, 0.2) is 5.13 Å². The molecule has 5 nitrogen and oxygen atoms in total. The molecule has 110 valence electrons. The van der Waals surface area contributed by atoms with E-state index in [0.717, 1.165) is 30.8 Å². The highest BCUT2D eigenvalue weighted by atomic mass is 32.1. The number of carbonyl (C=O) groups excluding carboxylic acids is 1. The third-order valence-corrected chi connectivity index (χ3v) is 4.51. The van der Waals surface area contributed by atoms with Gasteiger partial charge in [0, 0.05) is 30.0 Å². The fourth-order valence-corrected chi connectivity index (χ4v) is 3.28. The predicted octanol–water partition coefficient (Wildman–Crippen LogP) is 2.36. The molecular weight excluding hydrogens is 286 g/mol. The number of hydrogen-bond donors (Lipinski definition) is 2. The molecule has 0 spiro atoms. The molecule has 1 aliphatic heterocycles. The van der Waals surface area contributed by atoms with E-state index in [0.29, 0.717) is 16.4 Å². The lowest BCUT2D eigenvalue weighted by Crippen LogP contribution is -2.22. The van der Waals surface area contributed by atoms with Crippen molar-refractivity contribution < 1.29 is 9.53 Å². The molecule has 0 aliphatic carbocycles. The molecular formula is C15H17N3O2S. The maximum atomic E-state index is 12.3. The van der Waals surface area contributed by atoms with Gasteiger partial charge in [-0.3, -0.25) is 10.1 Å². The summed E-state index contributed by atoms with van der Waals surface area (Å²) in [5.74, 6) is 0.553. The van der Waals surface area contributed by atoms with Crippen LogP contribution in [-0.2, 0) is 13.0 Å². The maximum Gasteiger partial charge on any atom is 0.257 e. The van der Waals surface area contributed by atoms with Crippen molar-refractivity contribution in [2.24, 2.45) is 0 Å². The summed E-state index contributed by atoms with van der Waals surface area (Å²) in [4.78, 5) is 18.0. The number of rotatable bonds is 3. The first-order valence-electron chi connectivity index (χ1n) is 6.82. The Morgan fingerprint density at radius 2 is 2.33 bits per heavy atom. The Morgan fingerprint density at radius 1 is 1.48 bits per heavy atom. The molecule has 2 N–H and O–H groups in total. The van der Waals surface area contributed by atoms with E-state index < -0.39 is 0 Å². The van der Waals surface area contributed by atoms with E-state index in [9.17, 15) is 4.79 Å². The zero-order valence-corrected chi connectivity index (χ0v) is 12.8. The molecule has 1 aromatic carbocycles. The average molecular weight is 303 g/mol. The minimum atomic E-state index is -0.160. The highest BCUT2D eigenvalue weighted by Gasteiger charge is 2.17. The number of amides is 1. The summed E-state index contributed by atoms with van der Waals surface area (Å²) in [5, 5.41) is 6.83. The van der Waals surface area contributed by atoms with Gasteiger partial charge < -0.3 is 10.1 Å². The van der Waals surface area contributed by atoms with Crippen LogP contribution in [0.1, 0.15) is 26.5 Å². The quantitative estimate of drug-likeness (QED) is 0.913. The van der Waals surface area contributed by atoms with E-state index in [1.54, 1.807) is 19.2 Å². The Balaban J connectivity index is 1.78. The van der Waals surface area contributed by atoms with Crippen LogP contribution in [0.4, 0.5) is 5.13 Å². The molecule has 0 bridgehead atoms. The first kappa shape index (κ1) is 14.0. The number of benzene rings is 1. The van der Waals surface area contributed by atoms with Crippen molar-refractivity contribution in [2.75, 3.05) is 19.0 Å². The second-order valence-electron chi connectivity index (χ2n) is 4.95. The second kappa shape index (κ2) is 5.83. The van der Waals surface area contributed by atoms with Gasteiger partial charge in [-0.05, 0) is 24.6 Å². The van der Waals surface area contributed by atoms with Gasteiger partial charge in [0.2, 0.25) is 0 Å². The summed E-state index contributed by atoms with van der Waals surface area (Å²) in [6.07, 6.45) is 0.917. The lowest BCUT2D eigenvalue weighted by atomic mass is 10.1. The number of aryl methyl sites for hydroxylation is 1. The molecule has 1 amide bonds. The summed E-state index contributed by atoms with van der Waals surface area (Å²) in [7, 11) is 1.60. The number of hydrogen-bond acceptors (Lipinski definition) is 5. The SMILES string of the molecule is COc1cc(C(=O)Nc2nc3c(s2)CNCC3)ccc1C. The van der Waals surface area contributed by atoms with Crippen molar-refractivity contribution in [3.63, 3.8) is 0 Å². The fraction of sp³-hybridized carbons (Fsp3) is 0.333. The highest BCUT2D eigenvalue weighted by molar-refractivity contribution is 7.15. The van der Waals surface area contributed by atoms with Gasteiger partial charge in [-0.1, -0.05) is 6.07 Å². The van der Waals surface area contributed by atoms with Crippen LogP contribution in [-0.4, -0.2) is 24.5 Å². The molecule has 1 aromatic heterocycles. The van der Waals surface area contributed by atoms with E-state index in [2.05, 4.69) is 15.6 Å². The van der Waals surface area contributed by atoms with Crippen LogP contribution in [0, 0.1) is 6.92 Å². The van der Waals surface area contributed by atoms with Crippen LogP contribution >= 0.6 is 11.3 Å². The summed E-state index contributed by atoms with van der Waals surface area (Å²) in [5.41, 5.74) is 2.67. The Bertz CT molecular complexity index is 658. The number of nitrogens with one attached hydrogen (secondary N) is 2. The molecule has 0 radical (unpaired) electrons. The molecule has 0 unspecified atom stereocenters. The van der Waals surface area contributed by atoms with Crippen LogP contribution in [0.3, 0.4) is 0 Å². The molecule has 0 atom stereocenters. The average Bonchev–Trinajstić information content (AvgIpc) is 2.89. The molecule has 3 rings (SSSR count). The van der Waals surface area contributed by atoms with Crippen LogP contribution in [0.15, 0.2) is 18.2 Å². The third-order valence-electron chi connectivity index (χ3n) is 3.49. The van der Waals surface area contributed by atoms with Gasteiger partial charge in [0.25, 0.3) is 5.91 Å². The van der Waals surface area contributed by atoms with Crippen molar-refractivity contribution in [1.82, 2.24) is 10.3 Å². The lowest BCUT2D eigenvalue weighted by molar-refractivity contribution is 0.102. The first-order chi connectivity index (χ1) is 10.2. The largest absolute Gasteiger partial charge is 0.496 e. The standard InChI is InChI=1S/C15H17N3O2S/c1-9-3-4-10(7-12(9)20-2)14(19)18-15-17-11-5-6-16-8-13(11)21-15/h3-4,7,16H,5-6,8H2,1-2H3,(H,17,18,19). The minimum Gasteiger partial charge on any atom is -0.496 e. The second-order valence-corrected chi connectivity index (χ2v) is 6.04. The topological polar surface area (TPSA) is 63.2 Å². The van der Waals surface area contributed by atoms with Gasteiger partial charge in [-0.2, -0.15) is 0 Å². The van der Waals surface area contributed by atoms with Crippen LogP contribution in [0.2, 0.25) is 0 Å². The van der Waals surface area contributed by atoms with E-state index in [4.69, 9.17) is 4.74 Å². The van der Waals surface area contributed by atoms with E-state index in [1.807, 2.05) is 13.0 Å². The van der Waals surface area contributed by atoms with E-state index in [1.165, 1.54) is 16.2 Å². The van der Waals surface area contributed by atoms with Crippen LogP contribution < -0.4 is 15.4 Å². The Labute approximate surface area is 127 Å². The van der Waals surface area contributed by atoms with Gasteiger partial charge in [0.05, 0.1) is 12.8 Å². The number of fused-ring (bicyclic) bond motifs is 1. The van der Waals surface area contributed by atoms with Crippen molar-refractivity contribution in [1.29, 1.82) is 0 Å². The molecule has 0 saturated carbocycles. The van der Waals surface area contributed by atoms with Crippen molar-refractivity contribution in [2.45, 2.75) is 19.9 Å². The van der Waals surface area contributed by atoms with Crippen molar-refractivity contribution in [3.05, 3.63) is 39.9 Å². The number of anilines is 1. The maximum absolute atomic E-state index is 12.3. The fourth-order valence-electron chi connectivity index (χ4n) is 2.31. The Kier molecular flexibility index (Phi) is 3.90. The first-order valence-corrected chi connectivity index (χ1v) is 7.64. The Morgan fingerprint density at radius 3 is 3.10 bits per heavy atom. The predicted molar refractivity (Wildman–Crippen MR) is 83.2 cm³/mol. The summed E-state index contributed by atoms with van der Waals surface area (Å²) in [6, 6.07) is 5.42. The molecule has 2 aromatic rings. The third kappa shape index (κ3) is 2.91. The van der Waals surface area contributed by atoms with Crippen LogP contribution in [0.5, 0.6) is 5.75 Å². The normalized spacial score (nSPS) is 13.6. The smallest absolute Gasteiger partial charge is 0.257 e. The molecule has 0 saturated heterocycles. The lowest BCUT2D eigenvalue weighted by Gasteiger charge is -2.09. The zero-order valence-electron chi connectivity index (χ0n) is 12.0. The van der Waals surface area contributed by atoms with E-state index >= 15 is 0 Å². The summed E-state index contributed by atoms with van der Waals surface area (Å²) >= 11 is 1.53. The molecule has 0 fully saturated rings. The van der Waals surface area contributed by atoms with Gasteiger partial charge in [-0.15, -0.1) is 11.3 Å². The number of thiazole rings is 1. The van der Waals surface area contributed by atoms with Crippen molar-refractivity contribution in [3.8, 4) is 5.75 Å². The molecule has 2 heterocycles. The summed E-state index contributed by atoms with van der Waals surface area (Å²) in [6.45, 7) is 3.73. The zero-order chi connectivity index (χ0) is 14.8. The highest BCUT2D eigenvalue weighted by Crippen LogP contribution is 2.26. The van der Waals surface area contributed by atoms with Gasteiger partial charge in [0.1, 0.15) is 5.75 Å². The number of nitrogens with zero attached hydrogens (tertiary/aromatic N) is 1. The minimum absolute atomic E-state index is 0.160. The van der Waals surface area contributed by atoms with Gasteiger partial charge in [-0.25, -0.2) is 4.98 Å². The molecule has 6 heteroatoms. The van der Waals surface area contributed by atoms with Gasteiger partial charge >= 0.3 is 0 Å².